The van der Waals surface area contributed by atoms with Crippen LogP contribution in [-0.4, -0.2) is 108 Å². The molecule has 12 atom stereocenters. The molecule has 5 aromatic carbocycles. The standard InChI is InChI=1S/C30H24FN5O.C30H25N5O.C29H24N6O.C27H23N3O3/c1-18-22-11-10-21-27(24-8-4-5-14-34-24)35-36(29(21)30(22,2)16-25(32-3)28(18)37)26-12-9-19(15-23(26)31)20-7-6-13-33-17-20;1-19-24-14-13-23-27(25-8-4-5-16-33-25)34-35(29(23)30(24,2)17-26(31-3)28(19)36)22-11-9-20(10-12-22)21-7-6-15-32-18-21;1-18-23-12-11-22-26(24-6-4-5-13-33-24)34-35(28(22)29(23,2)14-25(30-3)27(18)36)21-9-7-19(8-10-21)20-15-31-17-32-16-20;1-16-21-14-13-20-23(17-7-5-4-6-8-17)29-30(19-11-9-18(10-12-19)26(32)33)25(20)27(21,2)15-22(28-3)24(16)31/h4-9,12-18,22H,10-11H2,1-2H3;4-12,15-19,24H,13-14H2,1-2H3;4-10,13-18,23H,11-12H2,1-2H3;4-12,15-16,21H,13-14H2,1-2H3,(H,32,33)/t18-,22-,30-;19-,24-,30-;18-,23-,29-;16-,21-,27-/m1111/s1. The third-order valence-corrected chi connectivity index (χ3v) is 30.6. The number of nitrogens with zero attached hydrogens (tertiary/aromatic N) is 19. The van der Waals surface area contributed by atoms with Gasteiger partial charge in [-0.15, -0.1) is 0 Å². The topological polar surface area (TPSA) is 285 Å². The second-order valence-electron chi connectivity index (χ2n) is 38.5. The van der Waals surface area contributed by atoms with Gasteiger partial charge < -0.3 is 24.3 Å². The van der Waals surface area contributed by atoms with Crippen molar-refractivity contribution in [1.82, 2.24) is 74.0 Å². The molecule has 10 heterocycles. The number of hydrogen-bond donors (Lipinski definition) is 1. The van der Waals surface area contributed by atoms with E-state index in [2.05, 4.69) is 99.3 Å². The van der Waals surface area contributed by atoms with Crippen molar-refractivity contribution in [3.05, 3.63) is 411 Å². The van der Waals surface area contributed by atoms with Crippen molar-refractivity contribution in [3.63, 3.8) is 0 Å². The summed E-state index contributed by atoms with van der Waals surface area (Å²) in [7, 11) is 0. The number of carbonyl (C=O) groups is 5. The first-order valence-electron chi connectivity index (χ1n) is 47.6. The first kappa shape index (κ1) is 92.5. The minimum absolute atomic E-state index is 0.0252. The van der Waals surface area contributed by atoms with E-state index in [0.717, 1.165) is 174 Å². The quantitative estimate of drug-likeness (QED) is 0.111. The summed E-state index contributed by atoms with van der Waals surface area (Å²) >= 11 is 0. The van der Waals surface area contributed by atoms with Crippen molar-refractivity contribution in [1.29, 1.82) is 0 Å². The van der Waals surface area contributed by atoms with Gasteiger partial charge in [-0.1, -0.05) is 171 Å². The second kappa shape index (κ2) is 37.3. The molecule has 0 bridgehead atoms. The Labute approximate surface area is 820 Å². The highest BCUT2D eigenvalue weighted by molar-refractivity contribution is 6.03. The fraction of sp³-hybridized carbons (Fsp3) is 0.241. The van der Waals surface area contributed by atoms with Gasteiger partial charge in [-0.25, -0.2) is 57.3 Å². The van der Waals surface area contributed by atoms with Gasteiger partial charge >= 0.3 is 5.97 Å². The van der Waals surface area contributed by atoms with Crippen LogP contribution in [0.1, 0.15) is 136 Å². The highest BCUT2D eigenvalue weighted by Gasteiger charge is 2.56. The maximum Gasteiger partial charge on any atom is 0.335 e. The van der Waals surface area contributed by atoms with Crippen molar-refractivity contribution < 1.29 is 33.5 Å². The number of aromatic carboxylic acids is 1. The molecule has 0 aliphatic heterocycles. The Morgan fingerprint density at radius 1 is 0.352 bits per heavy atom. The van der Waals surface area contributed by atoms with Gasteiger partial charge in [-0.2, -0.15) is 20.4 Å². The summed E-state index contributed by atoms with van der Waals surface area (Å²) in [6.45, 7) is 46.7. The summed E-state index contributed by atoms with van der Waals surface area (Å²) in [5.41, 5.74) is 22.2. The van der Waals surface area contributed by atoms with E-state index in [0.29, 0.717) is 23.5 Å². The molecular weight excluding hydrogens is 1770 g/mol. The van der Waals surface area contributed by atoms with Gasteiger partial charge in [0.25, 0.3) is 0 Å². The van der Waals surface area contributed by atoms with Crippen LogP contribution in [0.25, 0.3) is 121 Å². The molecule has 0 spiro atoms. The van der Waals surface area contributed by atoms with Crippen LogP contribution < -0.4 is 0 Å². The van der Waals surface area contributed by atoms with Crippen molar-refractivity contribution >= 4 is 29.1 Å². The van der Waals surface area contributed by atoms with Crippen molar-refractivity contribution in [2.24, 2.45) is 47.3 Å². The SMILES string of the molecule is [C-]#[N+]C1=C[C@@]2(C)c3c(c(-c4ccccc4)nn3-c3ccc(C(=O)O)cc3)CC[C@@H]2[C@@H](C)C1=O.[C-]#[N+]C1=C[C@@]2(C)c3c(c(-c4ccccn4)nn3-c3ccc(-c4cccnc4)cc3)CC[C@@H]2[C@@H](C)C1=O.[C-]#[N+]C1=C[C@@]2(C)c3c(c(-c4ccccn4)nn3-c3ccc(-c4cccnc4)cc3F)CC[C@@H]2[C@@H](C)C1=O.[C-]#[N+]C1=C[C@@]2(C)c3c(c(-c4ccccn4)nn3-c3ccc(-c4cncnc4)cc3)CC[C@@H]2[C@@H](C)C1=O. The monoisotopic (exact) mass is 1870 g/mol. The minimum Gasteiger partial charge on any atom is -0.478 e. The Bertz CT molecular complexity index is 7630. The third kappa shape index (κ3) is 16.0. The molecule has 698 valence electrons. The number of ketones is 4. The smallest absolute Gasteiger partial charge is 0.335 e. The van der Waals surface area contributed by atoms with E-state index in [-0.39, 0.29) is 98.8 Å². The molecule has 1 N–H and O–H groups in total. The lowest BCUT2D eigenvalue weighted by atomic mass is 9.58. The number of fused-ring (bicyclic) bond motifs is 12. The summed E-state index contributed by atoms with van der Waals surface area (Å²) in [5, 5.41) is 29.5. The molecule has 0 radical (unpaired) electrons. The van der Waals surface area contributed by atoms with E-state index < -0.39 is 33.4 Å². The lowest BCUT2D eigenvalue weighted by Gasteiger charge is -2.45. The molecule has 0 unspecified atom stereocenters. The summed E-state index contributed by atoms with van der Waals surface area (Å²) in [6.07, 6.45) is 31.2. The summed E-state index contributed by atoms with van der Waals surface area (Å²) < 4.78 is 23.4. The van der Waals surface area contributed by atoms with Crippen LogP contribution in [0.5, 0.6) is 0 Å². The lowest BCUT2D eigenvalue weighted by Crippen LogP contribution is -2.46. The van der Waals surface area contributed by atoms with Crippen LogP contribution in [0.2, 0.25) is 0 Å². The van der Waals surface area contributed by atoms with Gasteiger partial charge in [0.2, 0.25) is 22.8 Å². The highest BCUT2D eigenvalue weighted by Crippen LogP contribution is 2.58. The Balaban J connectivity index is 0.000000116. The van der Waals surface area contributed by atoms with Gasteiger partial charge in [0, 0.05) is 140 Å². The van der Waals surface area contributed by atoms with Crippen LogP contribution in [0.15, 0.2) is 309 Å². The number of Topliss-reactive ketones (excluding diaryl/α,β-unsaturated/α-hetero) is 4. The molecule has 0 fully saturated rings. The fourth-order valence-electron chi connectivity index (χ4n) is 23.7. The molecule has 0 saturated carbocycles. The van der Waals surface area contributed by atoms with E-state index in [9.17, 15) is 29.1 Å². The van der Waals surface area contributed by atoms with Crippen LogP contribution >= 0.6 is 0 Å². The molecule has 8 aliphatic rings. The maximum atomic E-state index is 15.8. The number of halogens is 1. The van der Waals surface area contributed by atoms with E-state index in [1.165, 1.54) is 12.4 Å². The predicted octanol–water partition coefficient (Wildman–Crippen LogP) is 22.1. The predicted molar refractivity (Wildman–Crippen MR) is 536 cm³/mol. The first-order chi connectivity index (χ1) is 68.8. The second-order valence-corrected chi connectivity index (χ2v) is 38.5. The van der Waals surface area contributed by atoms with Crippen LogP contribution in [0.4, 0.5) is 4.39 Å². The van der Waals surface area contributed by atoms with Gasteiger partial charge in [-0.05, 0) is 206 Å². The van der Waals surface area contributed by atoms with Gasteiger partial charge in [0.05, 0.1) is 94.5 Å². The fourth-order valence-corrected chi connectivity index (χ4v) is 23.7. The van der Waals surface area contributed by atoms with Crippen LogP contribution in [-0.2, 0) is 66.5 Å². The number of allylic oxidation sites excluding steroid dienone is 8. The Hall–Kier alpha value is -17.2. The number of carbonyl (C=O) groups excluding carboxylic acids is 4. The molecular formula is C116H96FN19O6. The molecule has 15 aromatic rings. The number of aromatic nitrogens is 15. The summed E-state index contributed by atoms with van der Waals surface area (Å²) in [4.78, 5) is 108. The minimum atomic E-state index is -0.981. The number of rotatable bonds is 12. The number of carboxylic acid groups (broad SMARTS) is 1. The average molecular weight is 1870 g/mol. The normalized spacial score (nSPS) is 23.0. The van der Waals surface area contributed by atoms with Crippen molar-refractivity contribution in [2.75, 3.05) is 0 Å². The third-order valence-electron chi connectivity index (χ3n) is 30.6. The Morgan fingerprint density at radius 2 is 0.669 bits per heavy atom. The Morgan fingerprint density at radius 3 is 1.01 bits per heavy atom. The zero-order valence-electron chi connectivity index (χ0n) is 79.3. The van der Waals surface area contributed by atoms with Crippen molar-refractivity contribution in [3.8, 4) is 102 Å². The summed E-state index contributed by atoms with van der Waals surface area (Å²) in [5.74, 6) is -2.49. The maximum absolute atomic E-state index is 15.8. The Kier molecular flexibility index (Phi) is 24.3. The van der Waals surface area contributed by atoms with Gasteiger partial charge in [0.1, 0.15) is 34.9 Å². The van der Waals surface area contributed by atoms with E-state index in [4.69, 9.17) is 46.7 Å². The molecule has 142 heavy (non-hydrogen) atoms. The molecule has 23 rings (SSSR count). The zero-order valence-corrected chi connectivity index (χ0v) is 79.3. The van der Waals surface area contributed by atoms with Crippen molar-refractivity contribution in [2.45, 2.75) is 128 Å². The van der Waals surface area contributed by atoms with Crippen LogP contribution in [0, 0.1) is 79.4 Å². The largest absolute Gasteiger partial charge is 0.478 e. The molecule has 8 aliphatic carbocycles. The van der Waals surface area contributed by atoms with E-state index in [1.54, 1.807) is 90.7 Å². The van der Waals surface area contributed by atoms with E-state index in [1.807, 2.05) is 213 Å². The number of hydrogen-bond acceptors (Lipinski definition) is 16. The van der Waals surface area contributed by atoms with Gasteiger partial charge in [0.15, 0.2) is 23.1 Å². The number of carboxylic acids is 1. The molecule has 0 saturated heterocycles. The van der Waals surface area contributed by atoms with Gasteiger partial charge in [-0.3, -0.25) is 24.9 Å². The number of pyridine rings is 5. The molecule has 26 heteroatoms. The summed E-state index contributed by atoms with van der Waals surface area (Å²) in [6, 6.07) is 63.3. The van der Waals surface area contributed by atoms with E-state index >= 15 is 4.39 Å². The molecule has 0 amide bonds. The number of benzene rings is 5. The zero-order chi connectivity index (χ0) is 98.8. The average Bonchev–Trinajstić information content (AvgIpc) is 1.53. The lowest BCUT2D eigenvalue weighted by molar-refractivity contribution is -0.122. The highest BCUT2D eigenvalue weighted by atomic mass is 19.1. The first-order valence-corrected chi connectivity index (χ1v) is 47.6. The molecule has 10 aromatic heterocycles. The van der Waals surface area contributed by atoms with Crippen LogP contribution in [0.3, 0.4) is 0 Å². The molecule has 25 nitrogen and oxygen atoms in total.